The molecule has 4 aromatic rings. The van der Waals surface area contributed by atoms with Crippen LogP contribution in [0.2, 0.25) is 5.02 Å². The maximum atomic E-state index is 14.8. The molecule has 45 heavy (non-hydrogen) atoms. The van der Waals surface area contributed by atoms with Crippen LogP contribution in [0.15, 0.2) is 48.7 Å². The molecule has 3 aliphatic rings. The van der Waals surface area contributed by atoms with Gasteiger partial charge in [0.05, 0.1) is 24.5 Å². The Morgan fingerprint density at radius 2 is 1.87 bits per heavy atom. The Labute approximate surface area is 261 Å². The third-order valence-electron chi connectivity index (χ3n) is 8.74. The van der Waals surface area contributed by atoms with E-state index in [0.717, 1.165) is 42.8 Å². The van der Waals surface area contributed by atoms with Crippen LogP contribution >= 0.6 is 11.6 Å². The zero-order valence-corrected chi connectivity index (χ0v) is 25.1. The van der Waals surface area contributed by atoms with Gasteiger partial charge in [-0.15, -0.1) is 10.2 Å². The minimum absolute atomic E-state index is 0.0322. The second kappa shape index (κ2) is 11.6. The fourth-order valence-corrected chi connectivity index (χ4v) is 6.43. The normalized spacial score (nSPS) is 20.8. The summed E-state index contributed by atoms with van der Waals surface area (Å²) in [4.78, 5) is 9.29. The van der Waals surface area contributed by atoms with E-state index in [1.54, 1.807) is 25.3 Å². The lowest BCUT2D eigenvalue weighted by molar-refractivity contribution is -0.144. The van der Waals surface area contributed by atoms with E-state index in [1.165, 1.54) is 6.07 Å². The van der Waals surface area contributed by atoms with Crippen LogP contribution in [0.4, 0.5) is 17.6 Å². The number of likely N-dealkylation sites (tertiary alicyclic amines) is 1. The molecule has 0 amide bonds. The number of pyridine rings is 1. The Kier molecular flexibility index (Phi) is 7.69. The lowest BCUT2D eigenvalue weighted by atomic mass is 9.88. The molecule has 0 radical (unpaired) electrons. The minimum atomic E-state index is -4.61. The Balaban J connectivity index is 1.05. The highest BCUT2D eigenvalue weighted by Gasteiger charge is 2.43. The van der Waals surface area contributed by atoms with E-state index in [-0.39, 0.29) is 17.3 Å². The minimum Gasteiger partial charge on any atom is -0.444 e. The van der Waals surface area contributed by atoms with Gasteiger partial charge < -0.3 is 19.2 Å². The lowest BCUT2D eigenvalue weighted by Crippen LogP contribution is -2.34. The molecule has 13 heteroatoms. The van der Waals surface area contributed by atoms with Crippen molar-refractivity contribution in [2.45, 2.75) is 50.6 Å². The largest absolute Gasteiger partial charge is 0.451 e. The molecule has 0 spiro atoms. The number of hydrogen-bond acceptors (Lipinski definition) is 7. The maximum Gasteiger partial charge on any atom is 0.451 e. The van der Waals surface area contributed by atoms with Gasteiger partial charge in [0.2, 0.25) is 5.82 Å². The average Bonchev–Trinajstić information content (AvgIpc) is 3.61. The van der Waals surface area contributed by atoms with Gasteiger partial charge in [-0.1, -0.05) is 23.7 Å². The zero-order chi connectivity index (χ0) is 31.3. The summed E-state index contributed by atoms with van der Waals surface area (Å²) in [5.74, 6) is -1.15. The van der Waals surface area contributed by atoms with Crippen LogP contribution in [0.3, 0.4) is 0 Å². The van der Waals surface area contributed by atoms with E-state index in [9.17, 15) is 17.6 Å². The highest BCUT2D eigenvalue weighted by molar-refractivity contribution is 6.30. The van der Waals surface area contributed by atoms with Crippen molar-refractivity contribution in [3.63, 3.8) is 0 Å². The molecule has 1 N–H and O–H groups in total. The lowest BCUT2D eigenvalue weighted by Gasteiger charge is -2.33. The molecule has 0 aliphatic carbocycles. The van der Waals surface area contributed by atoms with Crippen LogP contribution in [0.5, 0.6) is 11.5 Å². The topological polar surface area (TPSA) is 85.4 Å². The van der Waals surface area contributed by atoms with Crippen LogP contribution < -0.4 is 9.47 Å². The Bertz CT molecular complexity index is 1720. The van der Waals surface area contributed by atoms with Gasteiger partial charge in [-0.05, 0) is 74.2 Å². The molecule has 8 nitrogen and oxygen atoms in total. The number of piperidine rings is 1. The number of nitrogens with one attached hydrogen (secondary N) is 1. The third-order valence-corrected chi connectivity index (χ3v) is 8.97. The number of fused-ring (bicyclic) bond motifs is 1. The van der Waals surface area contributed by atoms with Gasteiger partial charge in [0.1, 0.15) is 5.82 Å². The number of halogens is 5. The van der Waals surface area contributed by atoms with Gasteiger partial charge in [0.15, 0.2) is 17.3 Å². The summed E-state index contributed by atoms with van der Waals surface area (Å²) >= 11 is 5.96. The molecular formula is C32H30ClF4N5O3. The number of rotatable bonds is 7. The predicted molar refractivity (Wildman–Crippen MR) is 156 cm³/mol. The van der Waals surface area contributed by atoms with Crippen molar-refractivity contribution in [2.75, 3.05) is 26.3 Å². The molecule has 1 atom stereocenters. The van der Waals surface area contributed by atoms with Crippen molar-refractivity contribution in [1.82, 2.24) is 25.1 Å². The number of nitrogens with zero attached hydrogens (tertiary/aromatic N) is 4. The van der Waals surface area contributed by atoms with Crippen LogP contribution in [0, 0.1) is 11.7 Å². The molecule has 2 aromatic heterocycles. The Morgan fingerprint density at radius 1 is 1.07 bits per heavy atom. The number of alkyl halides is 3. The van der Waals surface area contributed by atoms with E-state index in [1.807, 2.05) is 24.3 Å². The Morgan fingerprint density at radius 3 is 2.56 bits per heavy atom. The first kappa shape index (κ1) is 29.9. The molecule has 2 aromatic carbocycles. The summed E-state index contributed by atoms with van der Waals surface area (Å²) in [5.41, 5.74) is 3.62. The number of hydrogen-bond donors (Lipinski definition) is 1. The van der Waals surface area contributed by atoms with Gasteiger partial charge in [-0.25, -0.2) is 4.39 Å². The molecule has 3 aliphatic heterocycles. The number of ether oxygens (including phenoxy) is 3. The zero-order valence-electron chi connectivity index (χ0n) is 24.3. The van der Waals surface area contributed by atoms with Crippen molar-refractivity contribution in [3.8, 4) is 22.9 Å². The smallest absolute Gasteiger partial charge is 0.444 e. The highest BCUT2D eigenvalue weighted by Crippen LogP contribution is 2.50. The average molecular weight is 644 g/mol. The van der Waals surface area contributed by atoms with Gasteiger partial charge >= 0.3 is 6.18 Å². The van der Waals surface area contributed by atoms with Gasteiger partial charge in [0.25, 0.3) is 5.79 Å². The second-order valence-corrected chi connectivity index (χ2v) is 12.4. The van der Waals surface area contributed by atoms with Crippen LogP contribution in [0.25, 0.3) is 11.4 Å². The van der Waals surface area contributed by atoms with Crippen molar-refractivity contribution in [3.05, 3.63) is 87.7 Å². The fourth-order valence-electron chi connectivity index (χ4n) is 6.27. The van der Waals surface area contributed by atoms with Crippen LogP contribution in [0.1, 0.15) is 53.9 Å². The molecule has 0 bridgehead atoms. The molecule has 2 saturated heterocycles. The predicted octanol–water partition coefficient (Wildman–Crippen LogP) is 6.89. The molecule has 7 rings (SSSR count). The molecule has 5 heterocycles. The summed E-state index contributed by atoms with van der Waals surface area (Å²) < 4.78 is 71.9. The summed E-state index contributed by atoms with van der Waals surface area (Å²) in [7, 11) is 0. The maximum absolute atomic E-state index is 14.8. The van der Waals surface area contributed by atoms with Crippen LogP contribution in [-0.4, -0.2) is 51.4 Å². The first-order valence-electron chi connectivity index (χ1n) is 14.8. The van der Waals surface area contributed by atoms with Gasteiger partial charge in [-0.2, -0.15) is 13.2 Å². The Hall–Kier alpha value is -3.74. The van der Waals surface area contributed by atoms with E-state index < -0.39 is 23.6 Å². The van der Waals surface area contributed by atoms with Crippen LogP contribution in [-0.2, 0) is 29.7 Å². The van der Waals surface area contributed by atoms with Crippen molar-refractivity contribution >= 4 is 11.6 Å². The van der Waals surface area contributed by atoms with E-state index in [2.05, 4.69) is 25.1 Å². The molecular weight excluding hydrogens is 614 g/mol. The summed E-state index contributed by atoms with van der Waals surface area (Å²) in [6.45, 7) is 5.23. The molecule has 0 saturated carbocycles. The van der Waals surface area contributed by atoms with E-state index in [0.29, 0.717) is 54.2 Å². The second-order valence-electron chi connectivity index (χ2n) is 12.0. The number of benzene rings is 2. The molecule has 236 valence electrons. The van der Waals surface area contributed by atoms with Crippen molar-refractivity contribution < 1.29 is 31.8 Å². The highest BCUT2D eigenvalue weighted by atomic mass is 35.5. The first-order chi connectivity index (χ1) is 21.6. The van der Waals surface area contributed by atoms with Crippen molar-refractivity contribution in [2.24, 2.45) is 5.92 Å². The monoisotopic (exact) mass is 643 g/mol. The molecule has 0 unspecified atom stereocenters. The standard InChI is InChI=1S/C32H30ClF4N5O3/c1-31(24-6-5-22(33)13-25(24)34)44-27-4-2-3-23(28(27)45-31)19-7-9-42(10-8-19)15-26-20(11-18-16-43-17-18)12-21(14-38-26)29-39-30(41-40-29)32(35,36)37/h2-6,12-14,18-19H,7-11,15-17H2,1H3,(H,39,40,41)/t31-/m0/s1. The summed E-state index contributed by atoms with van der Waals surface area (Å²) in [6, 6.07) is 12.1. The number of aromatic amines is 1. The quantitative estimate of drug-likeness (QED) is 0.220. The third kappa shape index (κ3) is 5.98. The SMILES string of the molecule is C[C@]1(c2ccc(Cl)cc2F)Oc2cccc(C3CCN(Cc4ncc(-c5nnc(C(F)(F)F)[nH]5)cc4CC4COC4)CC3)c2O1. The van der Waals surface area contributed by atoms with Gasteiger partial charge in [-0.3, -0.25) is 9.88 Å². The van der Waals surface area contributed by atoms with E-state index >= 15 is 0 Å². The summed E-state index contributed by atoms with van der Waals surface area (Å²) in [6.07, 6.45) is -0.603. The van der Waals surface area contributed by atoms with E-state index in [4.69, 9.17) is 25.8 Å². The van der Waals surface area contributed by atoms with Gasteiger partial charge in [0, 0.05) is 41.7 Å². The summed E-state index contributed by atoms with van der Waals surface area (Å²) in [5, 5.41) is 7.26. The molecule has 2 fully saturated rings. The van der Waals surface area contributed by atoms with Crippen molar-refractivity contribution in [1.29, 1.82) is 0 Å². The number of aromatic nitrogens is 4. The number of para-hydroxylation sites is 1. The number of H-pyrrole nitrogens is 1. The first-order valence-corrected chi connectivity index (χ1v) is 15.2. The fraction of sp³-hybridized carbons (Fsp3) is 0.406.